The number of hydrogen-bond acceptors (Lipinski definition) is 2. The molecule has 0 aliphatic heterocycles. The number of hydrazone groups is 1. The summed E-state index contributed by atoms with van der Waals surface area (Å²) in [4.78, 5) is 11.6. The second-order valence-corrected chi connectivity index (χ2v) is 4.65. The maximum atomic E-state index is 13.5. The molecule has 0 spiro atoms. The summed E-state index contributed by atoms with van der Waals surface area (Å²) in [5, 5.41) is 3.73. The van der Waals surface area contributed by atoms with Crippen LogP contribution in [0.4, 0.5) is 4.39 Å². The first kappa shape index (κ1) is 13.4. The van der Waals surface area contributed by atoms with Gasteiger partial charge in [-0.15, -0.1) is 0 Å². The minimum Gasteiger partial charge on any atom is -0.267 e. The fraction of sp³-hybridized carbons (Fsp3) is 0. The highest BCUT2D eigenvalue weighted by atomic mass is 79.9. The van der Waals surface area contributed by atoms with Gasteiger partial charge in [0.25, 0.3) is 5.91 Å². The van der Waals surface area contributed by atoms with Gasteiger partial charge in [0.1, 0.15) is 5.82 Å². The van der Waals surface area contributed by atoms with E-state index in [1.165, 1.54) is 12.3 Å². The van der Waals surface area contributed by atoms with E-state index in [0.717, 1.165) is 0 Å². The number of halogens is 2. The van der Waals surface area contributed by atoms with Crippen LogP contribution in [0.25, 0.3) is 0 Å². The molecule has 0 fully saturated rings. The molecule has 2 aromatic carbocycles. The summed E-state index contributed by atoms with van der Waals surface area (Å²) < 4.78 is 14.1. The highest BCUT2D eigenvalue weighted by Gasteiger charge is 2.03. The third kappa shape index (κ3) is 3.72. The second-order valence-electron chi connectivity index (χ2n) is 3.73. The summed E-state index contributed by atoms with van der Waals surface area (Å²) in [6.07, 6.45) is 1.27. The van der Waals surface area contributed by atoms with Crippen LogP contribution in [0.3, 0.4) is 0 Å². The fourth-order valence-electron chi connectivity index (χ4n) is 1.42. The molecule has 0 radical (unpaired) electrons. The number of benzene rings is 2. The van der Waals surface area contributed by atoms with Gasteiger partial charge in [-0.1, -0.05) is 34.1 Å². The number of rotatable bonds is 3. The minimum atomic E-state index is -0.410. The molecule has 19 heavy (non-hydrogen) atoms. The van der Waals surface area contributed by atoms with Gasteiger partial charge in [-0.05, 0) is 30.3 Å². The van der Waals surface area contributed by atoms with Crippen LogP contribution in [0.2, 0.25) is 0 Å². The Hall–Kier alpha value is -2.01. The molecule has 0 bridgehead atoms. The Labute approximate surface area is 118 Å². The minimum absolute atomic E-state index is 0.302. The Balaban J connectivity index is 2.02. The van der Waals surface area contributed by atoms with Gasteiger partial charge in [0, 0.05) is 15.6 Å². The Morgan fingerprint density at radius 2 is 1.95 bits per heavy atom. The van der Waals surface area contributed by atoms with Crippen molar-refractivity contribution in [3.05, 3.63) is 69.9 Å². The number of nitrogens with zero attached hydrogens (tertiary/aromatic N) is 1. The summed E-state index contributed by atoms with van der Waals surface area (Å²) in [6, 6.07) is 13.3. The molecule has 1 N–H and O–H groups in total. The summed E-state index contributed by atoms with van der Waals surface area (Å²) in [5.74, 6) is -0.749. The lowest BCUT2D eigenvalue weighted by molar-refractivity contribution is 0.0955. The molecule has 0 atom stereocenters. The summed E-state index contributed by atoms with van der Waals surface area (Å²) in [6.45, 7) is 0. The third-order valence-electron chi connectivity index (χ3n) is 2.37. The molecule has 5 heteroatoms. The molecule has 96 valence electrons. The van der Waals surface area contributed by atoms with Crippen LogP contribution in [0, 0.1) is 5.82 Å². The number of carbonyl (C=O) groups excluding carboxylic acids is 1. The van der Waals surface area contributed by atoms with E-state index in [4.69, 9.17) is 0 Å². The molecule has 1 amide bonds. The quantitative estimate of drug-likeness (QED) is 0.684. The zero-order valence-corrected chi connectivity index (χ0v) is 11.4. The van der Waals surface area contributed by atoms with Gasteiger partial charge in [0.05, 0.1) is 6.21 Å². The first-order valence-corrected chi connectivity index (χ1v) is 6.29. The van der Waals surface area contributed by atoms with Crippen LogP contribution in [0.15, 0.2) is 58.1 Å². The topological polar surface area (TPSA) is 41.5 Å². The van der Waals surface area contributed by atoms with Crippen molar-refractivity contribution >= 4 is 28.1 Å². The van der Waals surface area contributed by atoms with E-state index >= 15 is 0 Å². The van der Waals surface area contributed by atoms with Gasteiger partial charge in [0.15, 0.2) is 0 Å². The number of carbonyl (C=O) groups is 1. The molecule has 2 aromatic rings. The molecule has 3 nitrogen and oxygen atoms in total. The van der Waals surface area contributed by atoms with Crippen LogP contribution in [0.1, 0.15) is 15.9 Å². The molecule has 0 aromatic heterocycles. The lowest BCUT2D eigenvalue weighted by Gasteiger charge is -2.00. The van der Waals surface area contributed by atoms with E-state index in [0.29, 0.717) is 15.6 Å². The standard InChI is InChI=1S/C14H10BrFN2O/c15-12-7-6-11(13(16)8-12)9-17-18-14(19)10-4-2-1-3-5-10/h1-9H,(H,18,19)/b17-9-. The largest absolute Gasteiger partial charge is 0.271 e. The molecule has 0 saturated heterocycles. The van der Waals surface area contributed by atoms with Crippen molar-refractivity contribution in [1.29, 1.82) is 0 Å². The predicted octanol–water partition coefficient (Wildman–Crippen LogP) is 3.35. The van der Waals surface area contributed by atoms with Gasteiger partial charge in [-0.3, -0.25) is 4.79 Å². The van der Waals surface area contributed by atoms with Gasteiger partial charge >= 0.3 is 0 Å². The first-order chi connectivity index (χ1) is 9.16. The Morgan fingerprint density at radius 3 is 2.63 bits per heavy atom. The Bertz CT molecular complexity index is 614. The highest BCUT2D eigenvalue weighted by molar-refractivity contribution is 9.10. The fourth-order valence-corrected chi connectivity index (χ4v) is 1.75. The van der Waals surface area contributed by atoms with E-state index in [9.17, 15) is 9.18 Å². The van der Waals surface area contributed by atoms with Crippen molar-refractivity contribution in [2.45, 2.75) is 0 Å². The van der Waals surface area contributed by atoms with Crippen LogP contribution >= 0.6 is 15.9 Å². The molecule has 0 aliphatic carbocycles. The van der Waals surface area contributed by atoms with Crippen LogP contribution < -0.4 is 5.43 Å². The molecule has 0 saturated carbocycles. The summed E-state index contributed by atoms with van der Waals surface area (Å²) in [5.41, 5.74) is 3.14. The number of hydrogen-bond donors (Lipinski definition) is 1. The zero-order chi connectivity index (χ0) is 13.7. The maximum absolute atomic E-state index is 13.5. The number of amides is 1. The van der Waals surface area contributed by atoms with Crippen molar-refractivity contribution < 1.29 is 9.18 Å². The molecule has 0 aliphatic rings. The lowest BCUT2D eigenvalue weighted by Crippen LogP contribution is -2.17. The highest BCUT2D eigenvalue weighted by Crippen LogP contribution is 2.13. The van der Waals surface area contributed by atoms with E-state index in [-0.39, 0.29) is 5.91 Å². The van der Waals surface area contributed by atoms with Gasteiger partial charge in [0.2, 0.25) is 0 Å². The van der Waals surface area contributed by atoms with Crippen molar-refractivity contribution in [2.75, 3.05) is 0 Å². The smallest absolute Gasteiger partial charge is 0.267 e. The van der Waals surface area contributed by atoms with Gasteiger partial charge < -0.3 is 0 Å². The second kappa shape index (κ2) is 6.24. The van der Waals surface area contributed by atoms with Crippen molar-refractivity contribution in [2.24, 2.45) is 5.10 Å². The average molecular weight is 321 g/mol. The van der Waals surface area contributed by atoms with E-state index in [1.54, 1.807) is 36.4 Å². The molecule has 0 unspecified atom stereocenters. The summed E-state index contributed by atoms with van der Waals surface area (Å²) in [7, 11) is 0. The van der Waals surface area contributed by atoms with Crippen molar-refractivity contribution in [3.8, 4) is 0 Å². The molecule has 2 rings (SSSR count). The van der Waals surface area contributed by atoms with Crippen LogP contribution in [-0.2, 0) is 0 Å². The lowest BCUT2D eigenvalue weighted by atomic mass is 10.2. The monoisotopic (exact) mass is 320 g/mol. The predicted molar refractivity (Wildman–Crippen MR) is 75.6 cm³/mol. The maximum Gasteiger partial charge on any atom is 0.271 e. The van der Waals surface area contributed by atoms with Crippen molar-refractivity contribution in [1.82, 2.24) is 5.43 Å². The first-order valence-electron chi connectivity index (χ1n) is 5.50. The van der Waals surface area contributed by atoms with E-state index in [1.807, 2.05) is 6.07 Å². The summed E-state index contributed by atoms with van der Waals surface area (Å²) >= 11 is 3.16. The Morgan fingerprint density at radius 1 is 1.21 bits per heavy atom. The third-order valence-corrected chi connectivity index (χ3v) is 2.86. The zero-order valence-electron chi connectivity index (χ0n) is 9.81. The van der Waals surface area contributed by atoms with Gasteiger partial charge in [-0.2, -0.15) is 5.10 Å². The molecular formula is C14H10BrFN2O. The van der Waals surface area contributed by atoms with Crippen molar-refractivity contribution in [3.63, 3.8) is 0 Å². The number of nitrogens with one attached hydrogen (secondary N) is 1. The van der Waals surface area contributed by atoms with Crippen LogP contribution in [-0.4, -0.2) is 12.1 Å². The SMILES string of the molecule is O=C(N/N=C\c1ccc(Br)cc1F)c1ccccc1. The van der Waals surface area contributed by atoms with Gasteiger partial charge in [-0.25, -0.2) is 9.82 Å². The average Bonchev–Trinajstić information content (AvgIpc) is 2.42. The van der Waals surface area contributed by atoms with E-state index < -0.39 is 5.82 Å². The molecule has 0 heterocycles. The normalized spacial score (nSPS) is 10.6. The Kier molecular flexibility index (Phi) is 4.41. The van der Waals surface area contributed by atoms with E-state index in [2.05, 4.69) is 26.5 Å². The van der Waals surface area contributed by atoms with Crippen LogP contribution in [0.5, 0.6) is 0 Å². The molecular weight excluding hydrogens is 311 g/mol.